The summed E-state index contributed by atoms with van der Waals surface area (Å²) in [5.41, 5.74) is -8.25. The molecule has 1 saturated heterocycles. The second-order valence-corrected chi connectivity index (χ2v) is 27.1. The molecule has 6 amide bonds. The van der Waals surface area contributed by atoms with E-state index in [0.717, 1.165) is 4.90 Å². The van der Waals surface area contributed by atoms with Crippen LogP contribution in [0.1, 0.15) is 149 Å². The highest BCUT2D eigenvalue weighted by molar-refractivity contribution is 5.87. The van der Waals surface area contributed by atoms with Gasteiger partial charge in [0.1, 0.15) is 63.3 Å². The van der Waals surface area contributed by atoms with Gasteiger partial charge in [0.25, 0.3) is 5.91 Å². The third kappa shape index (κ3) is 19.1. The first-order chi connectivity index (χ1) is 36.0. The summed E-state index contributed by atoms with van der Waals surface area (Å²) < 4.78 is 47.1. The third-order valence-electron chi connectivity index (χ3n) is 13.7. The van der Waals surface area contributed by atoms with Gasteiger partial charge >= 0.3 is 30.5 Å². The van der Waals surface area contributed by atoms with Gasteiger partial charge in [-0.1, -0.05) is 0 Å². The Bertz CT molecular complexity index is 2180. The molecule has 0 radical (unpaired) electrons. The fourth-order valence-corrected chi connectivity index (χ4v) is 10.4. The number of rotatable bonds is 14. The normalized spacial score (nSPS) is 33.1. The highest BCUT2D eigenvalue weighted by atomic mass is 16.7. The maximum atomic E-state index is 14.4. The number of likely N-dealkylation sites (N-methyl/N-ethyl adjacent to an activating group) is 1. The molecule has 10 N–H and O–H groups in total. The summed E-state index contributed by atoms with van der Waals surface area (Å²) >= 11 is 0. The summed E-state index contributed by atoms with van der Waals surface area (Å²) in [6, 6.07) is -5.56. The topological polar surface area (TPSA) is 333 Å². The van der Waals surface area contributed by atoms with Gasteiger partial charge in [-0.2, -0.15) is 0 Å². The molecule has 11 atom stereocenters. The van der Waals surface area contributed by atoms with Crippen molar-refractivity contribution in [3.05, 3.63) is 11.8 Å². The molecule has 0 spiro atoms. The van der Waals surface area contributed by atoms with Crippen molar-refractivity contribution in [1.82, 2.24) is 36.8 Å². The van der Waals surface area contributed by atoms with Crippen LogP contribution in [0.2, 0.25) is 0 Å². The first-order valence-corrected chi connectivity index (χ1v) is 27.4. The summed E-state index contributed by atoms with van der Waals surface area (Å²) in [4.78, 5) is 81.4. The molecule has 1 unspecified atom stereocenters. The molecule has 452 valence electrons. The van der Waals surface area contributed by atoms with Crippen LogP contribution in [0.5, 0.6) is 0 Å². The SMILES string of the molecule is CN(C(=O)OC(C)(C)C)[C@@H]1[C@@H](O)[C@@H](O[C@@H]2[C@@H](O)[C@H](C3OC(CNC[C@H]4C[C@H](NC(=O)OC(C)(C)C)C4)=CC[C@H]3NC(=O)OC(C)(C)C)[C@@H](NC(=O)OC(C)(C)C)C[C@H]2NC(=O)C2(O)CC(NC(=O)OC(C)(C)C)C2)OC[C@]1(C)O. The molecule has 2 aliphatic heterocycles. The molecule has 2 heterocycles. The molecule has 0 aromatic rings. The van der Waals surface area contributed by atoms with Gasteiger partial charge in [-0.3, -0.25) is 4.79 Å². The number of aliphatic hydroxyl groups is 4. The molecule has 3 saturated carbocycles. The number of hydrogen-bond acceptors (Lipinski definition) is 19. The maximum Gasteiger partial charge on any atom is 0.410 e. The van der Waals surface area contributed by atoms with Crippen LogP contribution in [0.25, 0.3) is 0 Å². The molecule has 5 rings (SSSR count). The Morgan fingerprint density at radius 3 is 1.63 bits per heavy atom. The van der Waals surface area contributed by atoms with Crippen LogP contribution >= 0.6 is 0 Å². The maximum absolute atomic E-state index is 14.4. The molecule has 5 aliphatic rings. The van der Waals surface area contributed by atoms with E-state index >= 15 is 0 Å². The summed E-state index contributed by atoms with van der Waals surface area (Å²) in [5.74, 6) is -1.53. The van der Waals surface area contributed by atoms with Crippen LogP contribution < -0.4 is 31.9 Å². The highest BCUT2D eigenvalue weighted by Crippen LogP contribution is 2.40. The monoisotopic (exact) mass is 1130 g/mol. The highest BCUT2D eigenvalue weighted by Gasteiger charge is 2.58. The number of ether oxygens (including phenoxy) is 8. The fraction of sp³-hybridized carbons (Fsp3) is 0.852. The molecular formula is C54H93N7O18. The van der Waals surface area contributed by atoms with Gasteiger partial charge in [0, 0.05) is 43.9 Å². The number of amides is 6. The first-order valence-electron chi connectivity index (χ1n) is 27.4. The molecule has 79 heavy (non-hydrogen) atoms. The van der Waals surface area contributed by atoms with E-state index in [0.29, 0.717) is 25.1 Å². The predicted octanol–water partition coefficient (Wildman–Crippen LogP) is 3.71. The Kier molecular flexibility index (Phi) is 20.3. The number of nitrogens with zero attached hydrogens (tertiary/aromatic N) is 1. The van der Waals surface area contributed by atoms with Crippen molar-refractivity contribution in [2.24, 2.45) is 11.8 Å². The van der Waals surface area contributed by atoms with Crippen molar-refractivity contribution in [2.45, 2.75) is 255 Å². The van der Waals surface area contributed by atoms with E-state index < -0.39 is 149 Å². The average molecular weight is 1130 g/mol. The largest absolute Gasteiger partial charge is 0.491 e. The van der Waals surface area contributed by atoms with Crippen LogP contribution in [-0.2, 0) is 42.7 Å². The molecule has 0 bridgehead atoms. The van der Waals surface area contributed by atoms with Crippen LogP contribution in [0.3, 0.4) is 0 Å². The average Bonchev–Trinajstić information content (AvgIpc) is 3.21. The van der Waals surface area contributed by atoms with Gasteiger partial charge in [-0.15, -0.1) is 0 Å². The van der Waals surface area contributed by atoms with Gasteiger partial charge in [0.05, 0.1) is 37.4 Å². The lowest BCUT2D eigenvalue weighted by Crippen LogP contribution is -2.72. The van der Waals surface area contributed by atoms with E-state index in [-0.39, 0.29) is 44.2 Å². The predicted molar refractivity (Wildman–Crippen MR) is 285 cm³/mol. The Balaban J connectivity index is 1.50. The van der Waals surface area contributed by atoms with Gasteiger partial charge in [-0.05, 0) is 155 Å². The second-order valence-electron chi connectivity index (χ2n) is 27.1. The summed E-state index contributed by atoms with van der Waals surface area (Å²) in [6.45, 7) is 27.1. The number of carbonyl (C=O) groups is 6. The van der Waals surface area contributed by atoms with E-state index in [1.54, 1.807) is 110 Å². The number of hydrogen-bond donors (Lipinski definition) is 10. The Morgan fingerprint density at radius 2 is 1.13 bits per heavy atom. The van der Waals surface area contributed by atoms with Crippen molar-refractivity contribution in [3.8, 4) is 0 Å². The first kappa shape index (κ1) is 64.9. The van der Waals surface area contributed by atoms with Crippen molar-refractivity contribution >= 4 is 36.4 Å². The Hall–Kier alpha value is -4.92. The lowest BCUT2D eigenvalue weighted by atomic mass is 9.71. The molecule has 0 aromatic carbocycles. The van der Waals surface area contributed by atoms with Crippen molar-refractivity contribution in [2.75, 3.05) is 26.7 Å². The standard InChI is InChI=1S/C54H93N7O18/c1-48(2,3)75-43(65)56-29-20-28(21-29)25-55-26-31-18-19-32(59-45(67)77-50(7,8)9)38(73-31)35-33(60-46(68)78-51(10,11)12)22-34(58-42(64)54(71)23-30(24-54)57-44(66)76-49(4,5)6)39(36(35)62)74-41-37(63)40(53(16,70)27-72-41)61(17)47(69)79-52(13,14)15/h18,28-30,32-41,55,62-63,70-71H,19-27H2,1-17H3,(H,56,65)(H,57,66)(H,58,64)(H,59,67)(H,60,68)/t28-,29-,30?,32-,33+,34-,35-,36+,37-,38?,39+,40-,41-,53+,54?/m1/s1. The van der Waals surface area contributed by atoms with Crippen LogP contribution in [0.4, 0.5) is 24.0 Å². The summed E-state index contributed by atoms with van der Waals surface area (Å²) in [6.07, 6.45) is -9.33. The minimum atomic E-state index is -2.04. The number of aliphatic hydroxyl groups excluding tert-OH is 2. The Morgan fingerprint density at radius 1 is 0.646 bits per heavy atom. The summed E-state index contributed by atoms with van der Waals surface area (Å²) in [5, 5.41) is 66.1. The number of carbonyl (C=O) groups excluding carboxylic acids is 6. The van der Waals surface area contributed by atoms with Gasteiger partial charge in [-0.25, -0.2) is 24.0 Å². The van der Waals surface area contributed by atoms with Crippen molar-refractivity contribution in [3.63, 3.8) is 0 Å². The fourth-order valence-electron chi connectivity index (χ4n) is 10.4. The minimum absolute atomic E-state index is 0.0541. The molecule has 0 aromatic heterocycles. The zero-order chi connectivity index (χ0) is 59.6. The second kappa shape index (κ2) is 24.7. The number of nitrogens with one attached hydrogen (secondary N) is 6. The molecule has 25 nitrogen and oxygen atoms in total. The van der Waals surface area contributed by atoms with Crippen LogP contribution in [0.15, 0.2) is 11.8 Å². The van der Waals surface area contributed by atoms with Crippen LogP contribution in [-0.4, -0.2) is 195 Å². The minimum Gasteiger partial charge on any atom is -0.491 e. The smallest absolute Gasteiger partial charge is 0.410 e. The van der Waals surface area contributed by atoms with E-state index in [1.807, 2.05) is 0 Å². The van der Waals surface area contributed by atoms with E-state index in [4.69, 9.17) is 37.9 Å². The molecular weight excluding hydrogens is 1030 g/mol. The molecule has 4 fully saturated rings. The lowest BCUT2D eigenvalue weighted by Gasteiger charge is -2.52. The van der Waals surface area contributed by atoms with Gasteiger partial charge in [0.2, 0.25) is 0 Å². The Labute approximate surface area is 464 Å². The van der Waals surface area contributed by atoms with Crippen molar-refractivity contribution < 1.29 is 87.1 Å². The molecule has 25 heteroatoms. The summed E-state index contributed by atoms with van der Waals surface area (Å²) in [7, 11) is 1.33. The van der Waals surface area contributed by atoms with Crippen molar-refractivity contribution in [1.29, 1.82) is 0 Å². The zero-order valence-corrected chi connectivity index (χ0v) is 49.4. The van der Waals surface area contributed by atoms with Crippen LogP contribution in [0, 0.1) is 11.8 Å². The quantitative estimate of drug-likeness (QED) is 0.111. The molecule has 3 aliphatic carbocycles. The zero-order valence-electron chi connectivity index (χ0n) is 49.4. The van der Waals surface area contributed by atoms with E-state index in [1.165, 1.54) is 14.0 Å². The lowest BCUT2D eigenvalue weighted by molar-refractivity contribution is -0.306. The van der Waals surface area contributed by atoms with E-state index in [2.05, 4.69) is 31.9 Å². The third-order valence-corrected chi connectivity index (χ3v) is 13.7. The van der Waals surface area contributed by atoms with E-state index in [9.17, 15) is 49.2 Å². The number of alkyl carbamates (subject to hydrolysis) is 4. The van der Waals surface area contributed by atoms with Gasteiger partial charge in [0.15, 0.2) is 6.29 Å². The van der Waals surface area contributed by atoms with Gasteiger partial charge < -0.3 is 95.1 Å².